The minimum absolute atomic E-state index is 0.140. The largest absolute Gasteiger partial charge is 0.508 e. The Kier molecular flexibility index (Phi) is 6.88. The van der Waals surface area contributed by atoms with Gasteiger partial charge in [-0.25, -0.2) is 0 Å². The third kappa shape index (κ3) is 5.82. The van der Waals surface area contributed by atoms with Crippen molar-refractivity contribution in [3.05, 3.63) is 53.1 Å². The molecule has 2 unspecified atom stereocenters. The van der Waals surface area contributed by atoms with E-state index in [-0.39, 0.29) is 27.9 Å². The van der Waals surface area contributed by atoms with Crippen molar-refractivity contribution in [3.63, 3.8) is 0 Å². The van der Waals surface area contributed by atoms with Crippen molar-refractivity contribution in [2.75, 3.05) is 6.61 Å². The molecule has 0 saturated carbocycles. The molecular weight excluding hydrogens is 438 g/mol. The van der Waals surface area contributed by atoms with Crippen LogP contribution in [-0.4, -0.2) is 34.2 Å². The number of nitrogens with one attached hydrogen (secondary N) is 1. The lowest BCUT2D eigenvalue weighted by molar-refractivity contribution is -0.118. The number of aryl methyl sites for hydroxylation is 1. The summed E-state index contributed by atoms with van der Waals surface area (Å²) in [6.45, 7) is 6.86. The number of carbonyl (C=O) groups is 2. The van der Waals surface area contributed by atoms with Crippen molar-refractivity contribution in [1.29, 1.82) is 0 Å². The number of hydrogen-bond donors (Lipinski definition) is 2. The fraction of sp³-hybridized carbons (Fsp3) is 0.462. The Morgan fingerprint density at radius 3 is 2.61 bits per heavy atom. The van der Waals surface area contributed by atoms with Gasteiger partial charge in [0.15, 0.2) is 0 Å². The number of imide groups is 1. The highest BCUT2D eigenvalue weighted by Gasteiger charge is 2.31. The number of phenolic OH excluding ortho intramolecular Hbond substituents is 1. The Labute approximate surface area is 199 Å². The summed E-state index contributed by atoms with van der Waals surface area (Å²) in [5.74, 6) is 1.81. The van der Waals surface area contributed by atoms with Crippen LogP contribution in [0.3, 0.4) is 0 Å². The number of benzene rings is 2. The van der Waals surface area contributed by atoms with E-state index in [9.17, 15) is 14.7 Å². The summed E-state index contributed by atoms with van der Waals surface area (Å²) < 4.78 is 12.1. The van der Waals surface area contributed by atoms with Crippen LogP contribution in [0.1, 0.15) is 56.7 Å². The first-order chi connectivity index (χ1) is 15.7. The average molecular weight is 470 g/mol. The van der Waals surface area contributed by atoms with Crippen molar-refractivity contribution in [2.45, 2.75) is 69.6 Å². The van der Waals surface area contributed by atoms with E-state index in [0.717, 1.165) is 65.6 Å². The summed E-state index contributed by atoms with van der Waals surface area (Å²) in [5.41, 5.74) is 2.84. The second-order valence-corrected chi connectivity index (χ2v) is 10.9. The summed E-state index contributed by atoms with van der Waals surface area (Å²) in [6.07, 6.45) is 4.31. The molecule has 2 aromatic rings. The monoisotopic (exact) mass is 469 g/mol. The van der Waals surface area contributed by atoms with Gasteiger partial charge in [0, 0.05) is 5.56 Å². The van der Waals surface area contributed by atoms with Gasteiger partial charge >= 0.3 is 0 Å². The Morgan fingerprint density at radius 2 is 1.94 bits per heavy atom. The standard InChI is InChI=1S/C26H31NO5S/c1-26(2,3)20-15-22-17(14-21(20)28)8-11-19(32-22)5-4-12-31-18-9-6-16(7-10-18)13-23-24(29)27-25(30)33-23/h6-7,9-10,14-15,19,23,28H,4-5,8,11-13H2,1-3H3,(H,27,29,30). The van der Waals surface area contributed by atoms with Gasteiger partial charge in [0.25, 0.3) is 5.24 Å². The number of carbonyl (C=O) groups excluding carboxylic acids is 2. The van der Waals surface area contributed by atoms with Gasteiger partial charge < -0.3 is 14.6 Å². The molecule has 33 heavy (non-hydrogen) atoms. The summed E-state index contributed by atoms with van der Waals surface area (Å²) in [6, 6.07) is 11.5. The molecule has 7 heteroatoms. The molecule has 2 aliphatic rings. The lowest BCUT2D eigenvalue weighted by Gasteiger charge is -2.29. The molecule has 0 spiro atoms. The van der Waals surface area contributed by atoms with E-state index < -0.39 is 0 Å². The van der Waals surface area contributed by atoms with Gasteiger partial charge in [0.1, 0.15) is 17.2 Å². The van der Waals surface area contributed by atoms with Crippen LogP contribution in [0.5, 0.6) is 17.2 Å². The number of rotatable bonds is 7. The van der Waals surface area contributed by atoms with Gasteiger partial charge in [0.05, 0.1) is 18.0 Å². The molecule has 2 heterocycles. The summed E-state index contributed by atoms with van der Waals surface area (Å²) in [5, 5.41) is 12.0. The van der Waals surface area contributed by atoms with Gasteiger partial charge in [0.2, 0.25) is 5.91 Å². The summed E-state index contributed by atoms with van der Waals surface area (Å²) in [4.78, 5) is 23.0. The van der Waals surface area contributed by atoms with Gasteiger partial charge in [-0.15, -0.1) is 0 Å². The molecule has 2 amide bonds. The van der Waals surface area contributed by atoms with Crippen LogP contribution in [0, 0.1) is 0 Å². The van der Waals surface area contributed by atoms with Crippen LogP contribution in [0.15, 0.2) is 36.4 Å². The topological polar surface area (TPSA) is 84.9 Å². The first kappa shape index (κ1) is 23.5. The van der Waals surface area contributed by atoms with Crippen molar-refractivity contribution < 1.29 is 24.2 Å². The van der Waals surface area contributed by atoms with Crippen LogP contribution < -0.4 is 14.8 Å². The van der Waals surface area contributed by atoms with Crippen molar-refractivity contribution >= 4 is 22.9 Å². The number of hydrogen-bond acceptors (Lipinski definition) is 6. The van der Waals surface area contributed by atoms with E-state index in [1.54, 1.807) is 0 Å². The molecule has 1 saturated heterocycles. The van der Waals surface area contributed by atoms with Crippen LogP contribution >= 0.6 is 11.8 Å². The molecule has 0 aliphatic carbocycles. The zero-order valence-electron chi connectivity index (χ0n) is 19.3. The Balaban J connectivity index is 1.23. The normalized spacial score (nSPS) is 20.2. The number of ether oxygens (including phenoxy) is 2. The quantitative estimate of drug-likeness (QED) is 0.547. The van der Waals surface area contributed by atoms with E-state index in [0.29, 0.717) is 18.8 Å². The molecule has 0 bridgehead atoms. The fourth-order valence-corrected chi connectivity index (χ4v) is 5.10. The lowest BCUT2D eigenvalue weighted by Crippen LogP contribution is -2.25. The molecule has 0 radical (unpaired) electrons. The van der Waals surface area contributed by atoms with Crippen molar-refractivity contribution in [1.82, 2.24) is 5.32 Å². The zero-order chi connectivity index (χ0) is 23.6. The molecule has 0 aromatic heterocycles. The van der Waals surface area contributed by atoms with Crippen LogP contribution in [0.2, 0.25) is 0 Å². The lowest BCUT2D eigenvalue weighted by atomic mass is 9.84. The Hall–Kier alpha value is -2.67. The van der Waals surface area contributed by atoms with E-state index in [1.165, 1.54) is 0 Å². The van der Waals surface area contributed by atoms with Crippen LogP contribution in [-0.2, 0) is 23.1 Å². The number of thioether (sulfide) groups is 1. The second-order valence-electron chi connectivity index (χ2n) is 9.73. The van der Waals surface area contributed by atoms with Crippen molar-refractivity contribution in [3.8, 4) is 17.2 Å². The molecule has 1 fully saturated rings. The smallest absolute Gasteiger partial charge is 0.286 e. The maximum Gasteiger partial charge on any atom is 0.286 e. The third-order valence-corrected chi connectivity index (χ3v) is 7.05. The molecular formula is C26H31NO5S. The summed E-state index contributed by atoms with van der Waals surface area (Å²) in [7, 11) is 0. The van der Waals surface area contributed by atoms with Gasteiger partial charge in [-0.2, -0.15) is 0 Å². The van der Waals surface area contributed by atoms with Crippen LogP contribution in [0.25, 0.3) is 0 Å². The maximum absolute atomic E-state index is 11.7. The number of aromatic hydroxyl groups is 1. The highest BCUT2D eigenvalue weighted by atomic mass is 32.2. The Morgan fingerprint density at radius 1 is 1.18 bits per heavy atom. The SMILES string of the molecule is CC(C)(C)c1cc2c(cc1O)CCC(CCCOc1ccc(CC3SC(=O)NC3=O)cc1)O2. The van der Waals surface area contributed by atoms with E-state index in [4.69, 9.17) is 9.47 Å². The predicted octanol–water partition coefficient (Wildman–Crippen LogP) is 5.14. The zero-order valence-corrected chi connectivity index (χ0v) is 20.2. The highest BCUT2D eigenvalue weighted by molar-refractivity contribution is 8.15. The average Bonchev–Trinajstić information content (AvgIpc) is 3.07. The minimum atomic E-state index is -0.353. The first-order valence-electron chi connectivity index (χ1n) is 11.5. The fourth-order valence-electron chi connectivity index (χ4n) is 4.24. The molecule has 4 rings (SSSR count). The molecule has 2 aromatic carbocycles. The Bertz CT molecular complexity index is 1030. The highest BCUT2D eigenvalue weighted by Crippen LogP contribution is 2.39. The molecule has 2 aliphatic heterocycles. The van der Waals surface area contributed by atoms with Crippen LogP contribution in [0.4, 0.5) is 4.79 Å². The third-order valence-electron chi connectivity index (χ3n) is 6.07. The van der Waals surface area contributed by atoms with Gasteiger partial charge in [-0.1, -0.05) is 44.7 Å². The molecule has 176 valence electrons. The first-order valence-corrected chi connectivity index (χ1v) is 12.3. The second kappa shape index (κ2) is 9.67. The minimum Gasteiger partial charge on any atom is -0.508 e. The molecule has 2 atom stereocenters. The number of phenols is 1. The van der Waals surface area contributed by atoms with E-state index >= 15 is 0 Å². The predicted molar refractivity (Wildman–Crippen MR) is 129 cm³/mol. The van der Waals surface area contributed by atoms with Gasteiger partial charge in [-0.3, -0.25) is 14.9 Å². The number of fused-ring (bicyclic) bond motifs is 1. The van der Waals surface area contributed by atoms with Crippen molar-refractivity contribution in [2.24, 2.45) is 0 Å². The number of amides is 2. The summed E-state index contributed by atoms with van der Waals surface area (Å²) >= 11 is 1.05. The van der Waals surface area contributed by atoms with Gasteiger partial charge in [-0.05, 0) is 72.9 Å². The molecule has 6 nitrogen and oxygen atoms in total. The molecule has 2 N–H and O–H groups in total. The maximum atomic E-state index is 11.7. The van der Waals surface area contributed by atoms with E-state index in [1.807, 2.05) is 36.4 Å². The van der Waals surface area contributed by atoms with E-state index in [2.05, 4.69) is 26.1 Å².